The number of fused-ring (bicyclic) bond motifs is 1. The van der Waals surface area contributed by atoms with Crippen molar-refractivity contribution in [3.8, 4) is 11.3 Å². The third-order valence-electron chi connectivity index (χ3n) is 6.45. The van der Waals surface area contributed by atoms with Crippen molar-refractivity contribution in [3.05, 3.63) is 94.3 Å². The summed E-state index contributed by atoms with van der Waals surface area (Å²) in [5.41, 5.74) is 6.56. The summed E-state index contributed by atoms with van der Waals surface area (Å²) < 4.78 is 0. The largest absolute Gasteiger partial charge is 0.336 e. The van der Waals surface area contributed by atoms with E-state index in [9.17, 15) is 4.79 Å². The smallest absolute Gasteiger partial charge is 0.254 e. The van der Waals surface area contributed by atoms with Gasteiger partial charge in [0.2, 0.25) is 0 Å². The average Bonchev–Trinajstić information content (AvgIpc) is 2.85. The van der Waals surface area contributed by atoms with Gasteiger partial charge in [-0.2, -0.15) is 0 Å². The van der Waals surface area contributed by atoms with Gasteiger partial charge in [-0.25, -0.2) is 4.98 Å². The molecule has 0 N–H and O–H groups in total. The number of aromatic nitrogens is 2. The van der Waals surface area contributed by atoms with E-state index in [0.29, 0.717) is 18.7 Å². The number of aryl methyl sites for hydroxylation is 2. The van der Waals surface area contributed by atoms with Gasteiger partial charge in [-0.1, -0.05) is 41.4 Å². The second-order valence-corrected chi connectivity index (χ2v) is 9.34. The van der Waals surface area contributed by atoms with Crippen molar-refractivity contribution in [3.63, 3.8) is 0 Å². The van der Waals surface area contributed by atoms with Crippen LogP contribution in [-0.4, -0.2) is 51.9 Å². The third kappa shape index (κ3) is 4.54. The molecule has 0 saturated carbocycles. The lowest BCUT2D eigenvalue weighted by molar-refractivity contribution is 0.0630. The number of pyridine rings is 2. The molecule has 0 atom stereocenters. The predicted octanol–water partition coefficient (Wildman–Crippen LogP) is 5.53. The van der Waals surface area contributed by atoms with Gasteiger partial charge in [-0.3, -0.25) is 14.7 Å². The molecule has 34 heavy (non-hydrogen) atoms. The molecule has 0 spiro atoms. The van der Waals surface area contributed by atoms with Crippen LogP contribution >= 0.6 is 11.6 Å². The molecule has 1 aliphatic rings. The number of carbonyl (C=O) groups is 1. The maximum Gasteiger partial charge on any atom is 0.254 e. The van der Waals surface area contributed by atoms with Crippen molar-refractivity contribution < 1.29 is 4.79 Å². The first-order valence-corrected chi connectivity index (χ1v) is 11.9. The number of hydrogen-bond donors (Lipinski definition) is 0. The number of benzene rings is 2. The lowest BCUT2D eigenvalue weighted by atomic mass is 9.99. The molecule has 2 aromatic carbocycles. The van der Waals surface area contributed by atoms with Crippen LogP contribution < -0.4 is 0 Å². The zero-order valence-electron chi connectivity index (χ0n) is 19.5. The van der Waals surface area contributed by atoms with Gasteiger partial charge < -0.3 is 4.90 Å². The molecule has 1 aliphatic heterocycles. The molecule has 0 unspecified atom stereocenters. The Labute approximate surface area is 205 Å². The van der Waals surface area contributed by atoms with Crippen molar-refractivity contribution in [1.82, 2.24) is 19.8 Å². The van der Waals surface area contributed by atoms with Gasteiger partial charge >= 0.3 is 0 Å². The predicted molar refractivity (Wildman–Crippen MR) is 137 cm³/mol. The Kier molecular flexibility index (Phi) is 6.31. The van der Waals surface area contributed by atoms with Crippen LogP contribution in [-0.2, 0) is 6.54 Å². The summed E-state index contributed by atoms with van der Waals surface area (Å²) in [6.45, 7) is 7.89. The number of amides is 1. The summed E-state index contributed by atoms with van der Waals surface area (Å²) in [6.07, 6.45) is 3.53. The first-order chi connectivity index (χ1) is 16.5. The molecule has 5 nitrogen and oxygen atoms in total. The fourth-order valence-electron chi connectivity index (χ4n) is 4.67. The molecule has 4 aromatic rings. The van der Waals surface area contributed by atoms with Gasteiger partial charge in [-0.15, -0.1) is 0 Å². The minimum absolute atomic E-state index is 0.0555. The molecule has 3 heterocycles. The van der Waals surface area contributed by atoms with Crippen LogP contribution in [0.25, 0.3) is 22.2 Å². The highest BCUT2D eigenvalue weighted by Crippen LogP contribution is 2.29. The number of rotatable bonds is 4. The maximum atomic E-state index is 13.8. The van der Waals surface area contributed by atoms with Crippen LogP contribution in [0.2, 0.25) is 5.02 Å². The topological polar surface area (TPSA) is 49.3 Å². The Morgan fingerprint density at radius 3 is 2.53 bits per heavy atom. The Bertz CT molecular complexity index is 1350. The van der Waals surface area contributed by atoms with Crippen LogP contribution in [0, 0.1) is 13.8 Å². The van der Waals surface area contributed by atoms with E-state index in [-0.39, 0.29) is 5.91 Å². The Morgan fingerprint density at radius 1 is 1.00 bits per heavy atom. The fraction of sp³-hybridized carbons (Fsp3) is 0.250. The van der Waals surface area contributed by atoms with Crippen molar-refractivity contribution in [2.24, 2.45) is 0 Å². The average molecular weight is 471 g/mol. The van der Waals surface area contributed by atoms with Gasteiger partial charge in [0.15, 0.2) is 0 Å². The van der Waals surface area contributed by atoms with E-state index in [1.165, 1.54) is 0 Å². The van der Waals surface area contributed by atoms with Crippen molar-refractivity contribution in [1.29, 1.82) is 0 Å². The SMILES string of the molecule is Cc1cc(C)c2nc(-c3cccnc3)cc(C(=O)N3CCN(Cc4ccccc4Cl)CC3)c2c1. The van der Waals surface area contributed by atoms with Gasteiger partial charge in [0.25, 0.3) is 5.91 Å². The second kappa shape index (κ2) is 9.53. The second-order valence-electron chi connectivity index (χ2n) is 8.93. The molecule has 1 amide bonds. The molecule has 2 aromatic heterocycles. The number of halogens is 1. The maximum absolute atomic E-state index is 13.8. The minimum Gasteiger partial charge on any atom is -0.336 e. The van der Waals surface area contributed by atoms with E-state index in [0.717, 1.165) is 63.5 Å². The quantitative estimate of drug-likeness (QED) is 0.393. The molecule has 1 saturated heterocycles. The van der Waals surface area contributed by atoms with Gasteiger partial charge in [0.05, 0.1) is 16.8 Å². The monoisotopic (exact) mass is 470 g/mol. The van der Waals surface area contributed by atoms with Crippen LogP contribution in [0.3, 0.4) is 0 Å². The van der Waals surface area contributed by atoms with Crippen molar-refractivity contribution in [2.75, 3.05) is 26.2 Å². The first kappa shape index (κ1) is 22.5. The number of nitrogens with zero attached hydrogens (tertiary/aromatic N) is 4. The van der Waals surface area contributed by atoms with E-state index in [4.69, 9.17) is 16.6 Å². The van der Waals surface area contributed by atoms with E-state index in [2.05, 4.69) is 41.9 Å². The summed E-state index contributed by atoms with van der Waals surface area (Å²) in [5, 5.41) is 1.70. The van der Waals surface area contributed by atoms with E-state index in [1.807, 2.05) is 41.3 Å². The van der Waals surface area contributed by atoms with Gasteiger partial charge in [0.1, 0.15) is 0 Å². The molecule has 6 heteroatoms. The van der Waals surface area contributed by atoms with Crippen LogP contribution in [0.15, 0.2) is 67.0 Å². The van der Waals surface area contributed by atoms with Crippen LogP contribution in [0.1, 0.15) is 27.0 Å². The van der Waals surface area contributed by atoms with E-state index >= 15 is 0 Å². The first-order valence-electron chi connectivity index (χ1n) is 11.6. The standard InChI is InChI=1S/C28H27ClN4O/c1-19-14-20(2)27-23(15-19)24(16-26(31-27)21-7-5-9-30-17-21)28(34)33-12-10-32(11-13-33)18-22-6-3-4-8-25(22)29/h3-9,14-17H,10-13,18H2,1-2H3. The highest BCUT2D eigenvalue weighted by atomic mass is 35.5. The molecular formula is C28H27ClN4O. The van der Waals surface area contributed by atoms with Crippen molar-refractivity contribution in [2.45, 2.75) is 20.4 Å². The summed E-state index contributed by atoms with van der Waals surface area (Å²) in [5.74, 6) is 0.0555. The number of carbonyl (C=O) groups excluding carboxylic acids is 1. The third-order valence-corrected chi connectivity index (χ3v) is 6.82. The fourth-order valence-corrected chi connectivity index (χ4v) is 4.86. The molecular weight excluding hydrogens is 444 g/mol. The van der Waals surface area contributed by atoms with Gasteiger partial charge in [-0.05, 0) is 55.3 Å². The minimum atomic E-state index is 0.0555. The van der Waals surface area contributed by atoms with Crippen molar-refractivity contribution >= 4 is 28.4 Å². The normalized spacial score (nSPS) is 14.5. The van der Waals surface area contributed by atoms with E-state index < -0.39 is 0 Å². The lowest BCUT2D eigenvalue weighted by Crippen LogP contribution is -2.48. The summed E-state index contributed by atoms with van der Waals surface area (Å²) in [6, 6.07) is 17.9. The van der Waals surface area contributed by atoms with Gasteiger partial charge in [0, 0.05) is 61.1 Å². The zero-order chi connectivity index (χ0) is 23.7. The highest BCUT2D eigenvalue weighted by Gasteiger charge is 2.25. The van der Waals surface area contributed by atoms with Crippen LogP contribution in [0.4, 0.5) is 0 Å². The Balaban J connectivity index is 1.43. The number of hydrogen-bond acceptors (Lipinski definition) is 4. The van der Waals surface area contributed by atoms with E-state index in [1.54, 1.807) is 12.4 Å². The lowest BCUT2D eigenvalue weighted by Gasteiger charge is -2.35. The molecule has 172 valence electrons. The Hall–Kier alpha value is -3.28. The molecule has 1 fully saturated rings. The molecule has 0 aliphatic carbocycles. The summed E-state index contributed by atoms with van der Waals surface area (Å²) in [4.78, 5) is 27.2. The number of piperazine rings is 1. The van der Waals surface area contributed by atoms with Crippen LogP contribution in [0.5, 0.6) is 0 Å². The highest BCUT2D eigenvalue weighted by molar-refractivity contribution is 6.31. The zero-order valence-corrected chi connectivity index (χ0v) is 20.2. The summed E-state index contributed by atoms with van der Waals surface area (Å²) in [7, 11) is 0. The Morgan fingerprint density at radius 2 is 1.79 bits per heavy atom. The molecule has 0 bridgehead atoms. The summed E-state index contributed by atoms with van der Waals surface area (Å²) >= 11 is 6.35. The molecule has 5 rings (SSSR count). The molecule has 0 radical (unpaired) electrons.